The second-order valence-electron chi connectivity index (χ2n) is 7.60. The predicted molar refractivity (Wildman–Crippen MR) is 124 cm³/mol. The van der Waals surface area contributed by atoms with Crippen molar-refractivity contribution in [2.24, 2.45) is 7.05 Å². The van der Waals surface area contributed by atoms with Gasteiger partial charge < -0.3 is 10.6 Å². The Labute approximate surface area is 186 Å². The summed E-state index contributed by atoms with van der Waals surface area (Å²) >= 11 is 0. The van der Waals surface area contributed by atoms with E-state index in [2.05, 4.69) is 15.7 Å². The first kappa shape index (κ1) is 21.2. The SMILES string of the molecule is Cc1nn(C)c2nc(-c3ccccc3)cc(C(=O)NCCC(=O)NCc3ccccc3)c12. The van der Waals surface area contributed by atoms with Crippen LogP contribution < -0.4 is 10.6 Å². The molecule has 0 bridgehead atoms. The summed E-state index contributed by atoms with van der Waals surface area (Å²) in [6.45, 7) is 2.57. The van der Waals surface area contributed by atoms with Gasteiger partial charge in [-0.15, -0.1) is 0 Å². The van der Waals surface area contributed by atoms with Crippen molar-refractivity contribution in [3.05, 3.63) is 83.6 Å². The van der Waals surface area contributed by atoms with E-state index >= 15 is 0 Å². The van der Waals surface area contributed by atoms with Crippen LogP contribution in [-0.2, 0) is 18.4 Å². The predicted octanol–water partition coefficient (Wildman–Crippen LogP) is 3.38. The highest BCUT2D eigenvalue weighted by Gasteiger charge is 2.19. The van der Waals surface area contributed by atoms with Gasteiger partial charge in [0, 0.05) is 32.1 Å². The zero-order valence-corrected chi connectivity index (χ0v) is 18.1. The van der Waals surface area contributed by atoms with Crippen LogP contribution in [0.4, 0.5) is 0 Å². The summed E-state index contributed by atoms with van der Waals surface area (Å²) in [6.07, 6.45) is 0.199. The Morgan fingerprint density at radius 1 is 0.969 bits per heavy atom. The van der Waals surface area contributed by atoms with E-state index in [0.29, 0.717) is 23.4 Å². The molecule has 7 nitrogen and oxygen atoms in total. The van der Waals surface area contributed by atoms with Crippen LogP contribution in [0.5, 0.6) is 0 Å². The van der Waals surface area contributed by atoms with Crippen molar-refractivity contribution in [2.45, 2.75) is 19.9 Å². The maximum Gasteiger partial charge on any atom is 0.252 e. The third-order valence-electron chi connectivity index (χ3n) is 5.25. The maximum absolute atomic E-state index is 13.1. The lowest BCUT2D eigenvalue weighted by molar-refractivity contribution is -0.121. The van der Waals surface area contributed by atoms with Crippen molar-refractivity contribution >= 4 is 22.8 Å². The molecule has 2 aromatic carbocycles. The van der Waals surface area contributed by atoms with Crippen molar-refractivity contribution in [1.29, 1.82) is 0 Å². The van der Waals surface area contributed by atoms with Gasteiger partial charge >= 0.3 is 0 Å². The van der Waals surface area contributed by atoms with Crippen LogP contribution in [0.25, 0.3) is 22.3 Å². The van der Waals surface area contributed by atoms with Gasteiger partial charge in [-0.05, 0) is 18.6 Å². The number of pyridine rings is 1. The Morgan fingerprint density at radius 3 is 2.38 bits per heavy atom. The average molecular weight is 428 g/mol. The molecule has 4 rings (SSSR count). The first-order valence-electron chi connectivity index (χ1n) is 10.5. The Balaban J connectivity index is 1.47. The Morgan fingerprint density at radius 2 is 1.66 bits per heavy atom. The van der Waals surface area contributed by atoms with Crippen molar-refractivity contribution in [2.75, 3.05) is 6.54 Å². The van der Waals surface area contributed by atoms with Crippen LogP contribution in [0.2, 0.25) is 0 Å². The molecule has 0 radical (unpaired) electrons. The van der Waals surface area contributed by atoms with Gasteiger partial charge in [-0.2, -0.15) is 5.10 Å². The molecule has 0 fully saturated rings. The summed E-state index contributed by atoms with van der Waals surface area (Å²) in [7, 11) is 1.82. The summed E-state index contributed by atoms with van der Waals surface area (Å²) in [6, 6.07) is 21.2. The van der Waals surface area contributed by atoms with E-state index in [1.807, 2.05) is 74.6 Å². The molecule has 2 heterocycles. The number of fused-ring (bicyclic) bond motifs is 1. The van der Waals surface area contributed by atoms with Crippen LogP contribution >= 0.6 is 0 Å². The highest BCUT2D eigenvalue weighted by molar-refractivity contribution is 6.07. The lowest BCUT2D eigenvalue weighted by Crippen LogP contribution is -2.30. The zero-order valence-electron chi connectivity index (χ0n) is 18.1. The summed E-state index contributed by atoms with van der Waals surface area (Å²) in [5, 5.41) is 10.9. The van der Waals surface area contributed by atoms with Crippen LogP contribution in [-0.4, -0.2) is 33.1 Å². The number of amides is 2. The second kappa shape index (κ2) is 9.43. The first-order valence-corrected chi connectivity index (χ1v) is 10.5. The maximum atomic E-state index is 13.1. The minimum absolute atomic E-state index is 0.114. The smallest absolute Gasteiger partial charge is 0.252 e. The number of aryl methyl sites for hydroxylation is 2. The number of nitrogens with zero attached hydrogens (tertiary/aromatic N) is 3. The van der Waals surface area contributed by atoms with Crippen LogP contribution in [0.1, 0.15) is 28.0 Å². The van der Waals surface area contributed by atoms with E-state index < -0.39 is 0 Å². The van der Waals surface area contributed by atoms with Crippen molar-refractivity contribution in [3.8, 4) is 11.3 Å². The molecule has 32 heavy (non-hydrogen) atoms. The first-order chi connectivity index (χ1) is 15.5. The largest absolute Gasteiger partial charge is 0.352 e. The summed E-state index contributed by atoms with van der Waals surface area (Å²) in [5.41, 5.74) is 4.54. The van der Waals surface area contributed by atoms with E-state index in [1.165, 1.54) is 0 Å². The highest BCUT2D eigenvalue weighted by atomic mass is 16.2. The molecule has 2 aromatic heterocycles. The molecule has 2 N–H and O–H groups in total. The van der Waals surface area contributed by atoms with Crippen molar-refractivity contribution in [1.82, 2.24) is 25.4 Å². The number of hydrogen-bond acceptors (Lipinski definition) is 4. The number of benzene rings is 2. The Kier molecular flexibility index (Phi) is 6.26. The minimum Gasteiger partial charge on any atom is -0.352 e. The van der Waals surface area contributed by atoms with E-state index in [4.69, 9.17) is 4.98 Å². The molecule has 0 saturated heterocycles. The molecule has 0 spiro atoms. The molecule has 0 unspecified atom stereocenters. The Bertz CT molecular complexity index is 1250. The molecular formula is C25H25N5O2. The van der Waals surface area contributed by atoms with Crippen molar-refractivity contribution < 1.29 is 9.59 Å². The second-order valence-corrected chi connectivity index (χ2v) is 7.60. The molecule has 0 aliphatic rings. The number of rotatable bonds is 7. The number of hydrogen-bond donors (Lipinski definition) is 2. The molecule has 0 aliphatic heterocycles. The van der Waals surface area contributed by atoms with Gasteiger partial charge in [0.25, 0.3) is 5.91 Å². The molecule has 2 amide bonds. The lowest BCUT2D eigenvalue weighted by Gasteiger charge is -2.10. The lowest BCUT2D eigenvalue weighted by atomic mass is 10.0. The van der Waals surface area contributed by atoms with E-state index in [-0.39, 0.29) is 24.8 Å². The standard InChI is InChI=1S/C25H25N5O2/c1-17-23-20(15-21(19-11-7-4-8-12-19)28-24(23)30(2)29-17)25(32)26-14-13-22(31)27-16-18-9-5-3-6-10-18/h3-12,15H,13-14,16H2,1-2H3,(H,26,32)(H,27,31). The number of aromatic nitrogens is 3. The normalized spacial score (nSPS) is 10.8. The molecule has 4 aromatic rings. The number of carbonyl (C=O) groups is 2. The van der Waals surface area contributed by atoms with Gasteiger partial charge in [-0.3, -0.25) is 14.3 Å². The molecular weight excluding hydrogens is 402 g/mol. The molecule has 0 atom stereocenters. The van der Waals surface area contributed by atoms with Gasteiger partial charge in [-0.25, -0.2) is 4.98 Å². The highest BCUT2D eigenvalue weighted by Crippen LogP contribution is 2.26. The molecule has 162 valence electrons. The Hall–Kier alpha value is -4.00. The topological polar surface area (TPSA) is 88.9 Å². The van der Waals surface area contributed by atoms with E-state index in [9.17, 15) is 9.59 Å². The molecule has 7 heteroatoms. The third kappa shape index (κ3) is 4.67. The van der Waals surface area contributed by atoms with Gasteiger partial charge in [0.15, 0.2) is 5.65 Å². The summed E-state index contributed by atoms with van der Waals surface area (Å²) in [4.78, 5) is 29.9. The van der Waals surface area contributed by atoms with Crippen molar-refractivity contribution in [3.63, 3.8) is 0 Å². The fourth-order valence-electron chi connectivity index (χ4n) is 3.65. The average Bonchev–Trinajstić information content (AvgIpc) is 3.11. The fourth-order valence-corrected chi connectivity index (χ4v) is 3.65. The fraction of sp³-hybridized carbons (Fsp3) is 0.200. The van der Waals surface area contributed by atoms with E-state index in [0.717, 1.165) is 22.2 Å². The van der Waals surface area contributed by atoms with Gasteiger partial charge in [0.2, 0.25) is 5.91 Å². The number of carbonyl (C=O) groups excluding carboxylic acids is 2. The molecule has 0 aliphatic carbocycles. The summed E-state index contributed by atoms with van der Waals surface area (Å²) in [5.74, 6) is -0.363. The quantitative estimate of drug-likeness (QED) is 0.473. The van der Waals surface area contributed by atoms with Crippen LogP contribution in [0.15, 0.2) is 66.7 Å². The van der Waals surface area contributed by atoms with Gasteiger partial charge in [0.1, 0.15) is 0 Å². The van der Waals surface area contributed by atoms with Crippen LogP contribution in [0.3, 0.4) is 0 Å². The van der Waals surface area contributed by atoms with E-state index in [1.54, 1.807) is 10.7 Å². The minimum atomic E-state index is -0.249. The monoisotopic (exact) mass is 427 g/mol. The van der Waals surface area contributed by atoms with Gasteiger partial charge in [0.05, 0.1) is 22.3 Å². The molecule has 0 saturated carbocycles. The van der Waals surface area contributed by atoms with Gasteiger partial charge in [-0.1, -0.05) is 60.7 Å². The number of nitrogens with one attached hydrogen (secondary N) is 2. The zero-order chi connectivity index (χ0) is 22.5. The third-order valence-corrected chi connectivity index (χ3v) is 5.25. The van der Waals surface area contributed by atoms with Crippen LogP contribution in [0, 0.1) is 6.92 Å². The summed E-state index contributed by atoms with van der Waals surface area (Å²) < 4.78 is 1.69.